The second-order valence-electron chi connectivity index (χ2n) is 3.83. The number of nitrogens with two attached hydrogens (primary N) is 1. The third-order valence-electron chi connectivity index (χ3n) is 2.47. The molecule has 0 aliphatic rings. The molecule has 0 aliphatic heterocycles. The summed E-state index contributed by atoms with van der Waals surface area (Å²) in [4.78, 5) is 1.44. The van der Waals surface area contributed by atoms with Crippen LogP contribution in [-0.2, 0) is 7.05 Å². The molecule has 1 heterocycles. The maximum Gasteiger partial charge on any atom is 0.255 e. The molecular formula is C10H16F2N4OS. The molecule has 0 fully saturated rings. The van der Waals surface area contributed by atoms with Crippen molar-refractivity contribution in [1.82, 2.24) is 9.78 Å². The van der Waals surface area contributed by atoms with Crippen LogP contribution < -0.4 is 10.6 Å². The number of thiocarbonyl (C=S) groups is 1. The molecule has 0 saturated carbocycles. The van der Waals surface area contributed by atoms with Crippen LogP contribution in [0.4, 0.5) is 14.6 Å². The van der Waals surface area contributed by atoms with E-state index >= 15 is 0 Å². The zero-order valence-electron chi connectivity index (χ0n) is 10.2. The Bertz CT molecular complexity index is 436. The Balaban J connectivity index is 3.21. The summed E-state index contributed by atoms with van der Waals surface area (Å²) in [6, 6.07) is 0. The SMILES string of the molecule is Cc1nn(C)c(N(CCO)CC(F)F)c1C(N)=S. The van der Waals surface area contributed by atoms with Crippen LogP contribution in [0.2, 0.25) is 0 Å². The molecule has 0 atom stereocenters. The molecule has 0 amide bonds. The minimum atomic E-state index is -2.52. The van der Waals surface area contributed by atoms with Crippen molar-refractivity contribution in [3.63, 3.8) is 0 Å². The van der Waals surface area contributed by atoms with Crippen molar-refractivity contribution in [3.8, 4) is 0 Å². The number of aliphatic hydroxyl groups is 1. The summed E-state index contributed by atoms with van der Waals surface area (Å²) >= 11 is 4.92. The van der Waals surface area contributed by atoms with Gasteiger partial charge in [-0.25, -0.2) is 8.78 Å². The second-order valence-corrected chi connectivity index (χ2v) is 4.27. The number of alkyl halides is 2. The zero-order valence-corrected chi connectivity index (χ0v) is 11.0. The molecule has 1 aromatic heterocycles. The van der Waals surface area contributed by atoms with Crippen LogP contribution in [0.5, 0.6) is 0 Å². The van der Waals surface area contributed by atoms with E-state index in [0.29, 0.717) is 17.1 Å². The van der Waals surface area contributed by atoms with Crippen LogP contribution in [0.3, 0.4) is 0 Å². The number of hydrogen-bond acceptors (Lipinski definition) is 4. The number of halogens is 2. The quantitative estimate of drug-likeness (QED) is 0.739. The highest BCUT2D eigenvalue weighted by Gasteiger charge is 2.23. The van der Waals surface area contributed by atoms with E-state index in [4.69, 9.17) is 23.1 Å². The van der Waals surface area contributed by atoms with Gasteiger partial charge in [0.1, 0.15) is 10.8 Å². The highest BCUT2D eigenvalue weighted by atomic mass is 32.1. The lowest BCUT2D eigenvalue weighted by Crippen LogP contribution is -2.34. The summed E-state index contributed by atoms with van der Waals surface area (Å²) in [6.07, 6.45) is -2.52. The molecule has 1 aromatic rings. The van der Waals surface area contributed by atoms with Gasteiger partial charge >= 0.3 is 0 Å². The maximum atomic E-state index is 12.5. The first-order chi connectivity index (χ1) is 8.38. The Morgan fingerprint density at radius 3 is 2.67 bits per heavy atom. The van der Waals surface area contributed by atoms with Gasteiger partial charge in [-0.15, -0.1) is 0 Å². The summed E-state index contributed by atoms with van der Waals surface area (Å²) in [5, 5.41) is 13.1. The first-order valence-electron chi connectivity index (χ1n) is 5.35. The number of aryl methyl sites for hydroxylation is 2. The molecule has 0 bridgehead atoms. The van der Waals surface area contributed by atoms with E-state index in [1.54, 1.807) is 14.0 Å². The minimum Gasteiger partial charge on any atom is -0.395 e. The van der Waals surface area contributed by atoms with Crippen molar-refractivity contribution >= 4 is 23.0 Å². The Kier molecular flexibility index (Phi) is 4.97. The van der Waals surface area contributed by atoms with E-state index in [1.807, 2.05) is 0 Å². The van der Waals surface area contributed by atoms with Gasteiger partial charge < -0.3 is 15.7 Å². The largest absolute Gasteiger partial charge is 0.395 e. The van der Waals surface area contributed by atoms with Crippen molar-refractivity contribution in [2.45, 2.75) is 13.3 Å². The average molecular weight is 278 g/mol. The van der Waals surface area contributed by atoms with Crippen molar-refractivity contribution in [2.24, 2.45) is 12.8 Å². The number of aromatic nitrogens is 2. The molecule has 5 nitrogen and oxygen atoms in total. The number of rotatable bonds is 6. The average Bonchev–Trinajstić information content (AvgIpc) is 2.52. The van der Waals surface area contributed by atoms with Gasteiger partial charge in [0.15, 0.2) is 0 Å². The molecule has 0 radical (unpaired) electrons. The molecule has 0 spiro atoms. The zero-order chi connectivity index (χ0) is 13.9. The van der Waals surface area contributed by atoms with E-state index in [9.17, 15) is 8.78 Å². The Labute approximate surface area is 109 Å². The number of nitrogens with zero attached hydrogens (tertiary/aromatic N) is 3. The van der Waals surface area contributed by atoms with Crippen molar-refractivity contribution in [2.75, 3.05) is 24.6 Å². The van der Waals surface area contributed by atoms with E-state index < -0.39 is 13.0 Å². The molecule has 0 aliphatic carbocycles. The van der Waals surface area contributed by atoms with Gasteiger partial charge in [0, 0.05) is 13.6 Å². The van der Waals surface area contributed by atoms with Gasteiger partial charge in [-0.3, -0.25) is 4.68 Å². The topological polar surface area (TPSA) is 67.3 Å². The van der Waals surface area contributed by atoms with Crippen molar-refractivity contribution in [1.29, 1.82) is 0 Å². The summed E-state index contributed by atoms with van der Waals surface area (Å²) in [5.74, 6) is 0.411. The molecule has 0 unspecified atom stereocenters. The lowest BCUT2D eigenvalue weighted by molar-refractivity contribution is 0.152. The van der Waals surface area contributed by atoms with E-state index in [2.05, 4.69) is 5.10 Å². The fraction of sp³-hybridized carbons (Fsp3) is 0.600. The molecule has 0 saturated heterocycles. The Morgan fingerprint density at radius 2 is 2.22 bits per heavy atom. The Hall–Kier alpha value is -1.28. The highest BCUT2D eigenvalue weighted by Crippen LogP contribution is 2.23. The van der Waals surface area contributed by atoms with Crippen LogP contribution in [0.25, 0.3) is 0 Å². The molecule has 3 N–H and O–H groups in total. The summed E-state index contributed by atoms with van der Waals surface area (Å²) < 4.78 is 26.5. The summed E-state index contributed by atoms with van der Waals surface area (Å²) in [7, 11) is 1.62. The van der Waals surface area contributed by atoms with Gasteiger partial charge in [-0.2, -0.15) is 5.10 Å². The lowest BCUT2D eigenvalue weighted by atomic mass is 10.2. The predicted octanol–water partition coefficient (Wildman–Crippen LogP) is 0.427. The van der Waals surface area contributed by atoms with Crippen LogP contribution in [0, 0.1) is 6.92 Å². The third-order valence-corrected chi connectivity index (χ3v) is 2.67. The highest BCUT2D eigenvalue weighted by molar-refractivity contribution is 7.80. The molecule has 0 aromatic carbocycles. The lowest BCUT2D eigenvalue weighted by Gasteiger charge is -2.24. The van der Waals surface area contributed by atoms with Gasteiger partial charge in [-0.1, -0.05) is 12.2 Å². The second kappa shape index (κ2) is 6.05. The molecular weight excluding hydrogens is 262 g/mol. The van der Waals surface area contributed by atoms with Crippen molar-refractivity contribution < 1.29 is 13.9 Å². The third kappa shape index (κ3) is 3.14. The number of aliphatic hydroxyl groups excluding tert-OH is 1. The molecule has 1 rings (SSSR count). The van der Waals surface area contributed by atoms with Crippen LogP contribution >= 0.6 is 12.2 Å². The smallest absolute Gasteiger partial charge is 0.255 e. The number of anilines is 1. The normalized spacial score (nSPS) is 11.0. The summed E-state index contributed by atoms with van der Waals surface area (Å²) in [6.45, 7) is 1.03. The van der Waals surface area contributed by atoms with Gasteiger partial charge in [0.2, 0.25) is 0 Å². The summed E-state index contributed by atoms with van der Waals surface area (Å²) in [5.41, 5.74) is 6.65. The first-order valence-corrected chi connectivity index (χ1v) is 5.76. The maximum absolute atomic E-state index is 12.5. The number of hydrogen-bond donors (Lipinski definition) is 2. The first kappa shape index (κ1) is 14.8. The minimum absolute atomic E-state index is 0.0684. The van der Waals surface area contributed by atoms with E-state index in [1.165, 1.54) is 9.58 Å². The van der Waals surface area contributed by atoms with Crippen LogP contribution in [-0.4, -0.2) is 46.0 Å². The molecule has 102 valence electrons. The van der Waals surface area contributed by atoms with E-state index in [-0.39, 0.29) is 18.1 Å². The van der Waals surface area contributed by atoms with Crippen LogP contribution in [0.1, 0.15) is 11.3 Å². The standard InChI is InChI=1S/C10H16F2N4OS/c1-6-8(9(13)18)10(15(2)14-6)16(3-4-17)5-7(11)12/h7,17H,3-5H2,1-2H3,(H2,13,18). The van der Waals surface area contributed by atoms with Gasteiger partial charge in [0.05, 0.1) is 24.4 Å². The van der Waals surface area contributed by atoms with E-state index in [0.717, 1.165) is 0 Å². The fourth-order valence-electron chi connectivity index (χ4n) is 1.87. The predicted molar refractivity (Wildman–Crippen MR) is 69.1 cm³/mol. The monoisotopic (exact) mass is 278 g/mol. The molecule has 18 heavy (non-hydrogen) atoms. The Morgan fingerprint density at radius 1 is 1.61 bits per heavy atom. The van der Waals surface area contributed by atoms with Gasteiger partial charge in [0.25, 0.3) is 6.43 Å². The fourth-order valence-corrected chi connectivity index (χ4v) is 2.11. The molecule has 8 heteroatoms. The van der Waals surface area contributed by atoms with Crippen molar-refractivity contribution in [3.05, 3.63) is 11.3 Å². The van der Waals surface area contributed by atoms with Gasteiger partial charge in [-0.05, 0) is 6.92 Å². The van der Waals surface area contributed by atoms with Crippen LogP contribution in [0.15, 0.2) is 0 Å².